The fourth-order valence-electron chi connectivity index (χ4n) is 1.88. The molecule has 14 heavy (non-hydrogen) atoms. The Hall–Kier alpha value is -0.843. The number of carbonyl (C=O) groups is 2. The van der Waals surface area contributed by atoms with E-state index in [0.29, 0.717) is 12.8 Å². The molecule has 80 valence electrons. The van der Waals surface area contributed by atoms with E-state index in [-0.39, 0.29) is 17.9 Å². The summed E-state index contributed by atoms with van der Waals surface area (Å²) in [5, 5.41) is 0. The average molecular weight is 215 g/mol. The van der Waals surface area contributed by atoms with E-state index in [1.165, 1.54) is 7.11 Å². The standard InChI is InChI=1S/C9H17NO3Si/c1-13-9(12)7-5-6-8(11)10(7)14(2,3)4/h7H,5-6H2,1-4H3. The molecular formula is C9H17NO3Si. The van der Waals surface area contributed by atoms with E-state index < -0.39 is 8.24 Å². The summed E-state index contributed by atoms with van der Waals surface area (Å²) in [7, 11) is -0.378. The molecule has 0 aromatic heterocycles. The van der Waals surface area contributed by atoms with Gasteiger partial charge in [0, 0.05) is 6.42 Å². The number of carbonyl (C=O) groups excluding carboxylic acids is 2. The maximum atomic E-state index is 11.6. The van der Waals surface area contributed by atoms with Gasteiger partial charge in [0.2, 0.25) is 5.91 Å². The van der Waals surface area contributed by atoms with Crippen molar-refractivity contribution in [3.63, 3.8) is 0 Å². The van der Waals surface area contributed by atoms with Crippen LogP contribution in [-0.2, 0) is 14.3 Å². The van der Waals surface area contributed by atoms with Gasteiger partial charge in [0.15, 0.2) is 8.24 Å². The Balaban J connectivity index is 2.88. The van der Waals surface area contributed by atoms with E-state index in [4.69, 9.17) is 4.74 Å². The highest BCUT2D eigenvalue weighted by atomic mass is 28.3. The third-order valence-electron chi connectivity index (χ3n) is 2.41. The summed E-state index contributed by atoms with van der Waals surface area (Å²) in [6, 6.07) is -0.334. The zero-order valence-electron chi connectivity index (χ0n) is 9.16. The number of hydrogen-bond acceptors (Lipinski definition) is 3. The summed E-state index contributed by atoms with van der Waals surface area (Å²) in [6.45, 7) is 6.18. The monoisotopic (exact) mass is 215 g/mol. The molecule has 1 saturated heterocycles. The second-order valence-electron chi connectivity index (χ2n) is 4.51. The first-order chi connectivity index (χ1) is 6.38. The van der Waals surface area contributed by atoms with Gasteiger partial charge in [-0.25, -0.2) is 4.79 Å². The second-order valence-corrected chi connectivity index (χ2v) is 9.34. The van der Waals surface area contributed by atoms with Crippen LogP contribution in [0.4, 0.5) is 0 Å². The van der Waals surface area contributed by atoms with Crippen LogP contribution in [0.15, 0.2) is 0 Å². The summed E-state index contributed by atoms with van der Waals surface area (Å²) < 4.78 is 6.46. The molecule has 1 heterocycles. The molecule has 1 rings (SSSR count). The van der Waals surface area contributed by atoms with Crippen LogP contribution < -0.4 is 0 Å². The van der Waals surface area contributed by atoms with Crippen LogP contribution in [0.25, 0.3) is 0 Å². The van der Waals surface area contributed by atoms with Gasteiger partial charge in [-0.2, -0.15) is 0 Å². The molecule has 1 unspecified atom stereocenters. The normalized spacial score (nSPS) is 22.7. The van der Waals surface area contributed by atoms with E-state index in [1.54, 1.807) is 4.57 Å². The number of nitrogens with zero attached hydrogens (tertiary/aromatic N) is 1. The Bertz CT molecular complexity index is 259. The van der Waals surface area contributed by atoms with Gasteiger partial charge < -0.3 is 9.30 Å². The molecule has 0 saturated carbocycles. The van der Waals surface area contributed by atoms with Crippen molar-refractivity contribution >= 4 is 20.1 Å². The summed E-state index contributed by atoms with van der Waals surface area (Å²) >= 11 is 0. The lowest BCUT2D eigenvalue weighted by Gasteiger charge is -2.34. The van der Waals surface area contributed by atoms with E-state index in [1.807, 2.05) is 0 Å². The van der Waals surface area contributed by atoms with Crippen LogP contribution in [0.1, 0.15) is 12.8 Å². The first-order valence-electron chi connectivity index (χ1n) is 4.78. The molecule has 0 aliphatic carbocycles. The van der Waals surface area contributed by atoms with Crippen LogP contribution in [0, 0.1) is 0 Å². The van der Waals surface area contributed by atoms with Gasteiger partial charge in [0.05, 0.1) is 7.11 Å². The van der Waals surface area contributed by atoms with Gasteiger partial charge in [0.25, 0.3) is 0 Å². The Morgan fingerprint density at radius 1 is 1.50 bits per heavy atom. The SMILES string of the molecule is COC(=O)C1CCC(=O)N1[Si](C)(C)C. The molecule has 1 aliphatic heterocycles. The molecule has 0 aromatic rings. The molecule has 0 aromatic carbocycles. The maximum absolute atomic E-state index is 11.6. The molecular weight excluding hydrogens is 198 g/mol. The van der Waals surface area contributed by atoms with Crippen LogP contribution in [0.5, 0.6) is 0 Å². The molecule has 1 aliphatic rings. The van der Waals surface area contributed by atoms with Gasteiger partial charge in [-0.1, -0.05) is 19.6 Å². The number of esters is 1. The first-order valence-corrected chi connectivity index (χ1v) is 8.22. The van der Waals surface area contributed by atoms with E-state index in [9.17, 15) is 9.59 Å². The Morgan fingerprint density at radius 2 is 2.07 bits per heavy atom. The quantitative estimate of drug-likeness (QED) is 0.509. The fourth-order valence-corrected chi connectivity index (χ4v) is 3.91. The van der Waals surface area contributed by atoms with Crippen LogP contribution in [-0.4, -0.2) is 37.8 Å². The maximum Gasteiger partial charge on any atom is 0.327 e. The molecule has 0 N–H and O–H groups in total. The van der Waals surface area contributed by atoms with Crippen molar-refractivity contribution < 1.29 is 14.3 Å². The van der Waals surface area contributed by atoms with Gasteiger partial charge >= 0.3 is 5.97 Å². The molecule has 0 bridgehead atoms. The minimum Gasteiger partial charge on any atom is -0.468 e. The zero-order chi connectivity index (χ0) is 10.9. The lowest BCUT2D eigenvalue weighted by Crippen LogP contribution is -2.53. The van der Waals surface area contributed by atoms with Gasteiger partial charge in [-0.3, -0.25) is 4.79 Å². The van der Waals surface area contributed by atoms with Crippen LogP contribution >= 0.6 is 0 Å². The Morgan fingerprint density at radius 3 is 2.50 bits per heavy atom. The summed E-state index contributed by atoms with van der Waals surface area (Å²) in [5.41, 5.74) is 0. The van der Waals surface area contributed by atoms with E-state index >= 15 is 0 Å². The lowest BCUT2D eigenvalue weighted by molar-refractivity contribution is -0.146. The summed E-state index contributed by atoms with van der Waals surface area (Å²) in [4.78, 5) is 23.0. The van der Waals surface area contributed by atoms with Gasteiger partial charge in [-0.15, -0.1) is 0 Å². The molecule has 0 radical (unpaired) electrons. The number of ether oxygens (including phenoxy) is 1. The van der Waals surface area contributed by atoms with Crippen molar-refractivity contribution in [1.29, 1.82) is 0 Å². The van der Waals surface area contributed by atoms with Crippen molar-refractivity contribution in [3.05, 3.63) is 0 Å². The summed E-state index contributed by atoms with van der Waals surface area (Å²) in [5.74, 6) is -0.183. The number of amides is 1. The number of rotatable bonds is 2. The third kappa shape index (κ3) is 1.97. The molecule has 4 nitrogen and oxygen atoms in total. The van der Waals surface area contributed by atoms with Crippen LogP contribution in [0.3, 0.4) is 0 Å². The minimum absolute atomic E-state index is 0.0968. The molecule has 1 atom stereocenters. The molecule has 5 heteroatoms. The predicted octanol–water partition coefficient (Wildman–Crippen LogP) is 0.985. The molecule has 0 spiro atoms. The first kappa shape index (κ1) is 11.2. The van der Waals surface area contributed by atoms with Crippen LogP contribution in [0.2, 0.25) is 19.6 Å². The highest BCUT2D eigenvalue weighted by Gasteiger charge is 2.43. The van der Waals surface area contributed by atoms with Crippen molar-refractivity contribution in [1.82, 2.24) is 4.57 Å². The highest BCUT2D eigenvalue weighted by Crippen LogP contribution is 2.26. The van der Waals surface area contributed by atoms with Crippen molar-refractivity contribution in [2.24, 2.45) is 0 Å². The number of hydrogen-bond donors (Lipinski definition) is 0. The average Bonchev–Trinajstić information content (AvgIpc) is 2.44. The smallest absolute Gasteiger partial charge is 0.327 e. The van der Waals surface area contributed by atoms with Crippen molar-refractivity contribution in [3.8, 4) is 0 Å². The Kier molecular flexibility index (Phi) is 2.99. The van der Waals surface area contributed by atoms with Crippen molar-refractivity contribution in [2.75, 3.05) is 7.11 Å². The summed E-state index contributed by atoms with van der Waals surface area (Å²) in [6.07, 6.45) is 1.08. The molecule has 1 fully saturated rings. The highest BCUT2D eigenvalue weighted by molar-refractivity contribution is 6.75. The van der Waals surface area contributed by atoms with Gasteiger partial charge in [0.1, 0.15) is 6.04 Å². The second kappa shape index (κ2) is 3.72. The zero-order valence-corrected chi connectivity index (χ0v) is 10.2. The fraction of sp³-hybridized carbons (Fsp3) is 0.778. The largest absolute Gasteiger partial charge is 0.468 e. The van der Waals surface area contributed by atoms with E-state index in [0.717, 1.165) is 0 Å². The van der Waals surface area contributed by atoms with Crippen molar-refractivity contribution in [2.45, 2.75) is 38.5 Å². The minimum atomic E-state index is -1.75. The van der Waals surface area contributed by atoms with Gasteiger partial charge in [-0.05, 0) is 6.42 Å². The molecule has 1 amide bonds. The lowest BCUT2D eigenvalue weighted by atomic mass is 10.2. The predicted molar refractivity (Wildman–Crippen MR) is 55.2 cm³/mol. The third-order valence-corrected chi connectivity index (χ3v) is 4.41. The Labute approximate surface area is 85.3 Å². The van der Waals surface area contributed by atoms with E-state index in [2.05, 4.69) is 19.6 Å². The number of methoxy groups -OCH3 is 1. The topological polar surface area (TPSA) is 46.6 Å².